The zero-order valence-electron chi connectivity index (χ0n) is 27.6. The van der Waals surface area contributed by atoms with E-state index in [9.17, 15) is 39.0 Å². The highest BCUT2D eigenvalue weighted by atomic mass is 16.4. The van der Waals surface area contributed by atoms with E-state index in [0.717, 1.165) is 0 Å². The van der Waals surface area contributed by atoms with E-state index in [2.05, 4.69) is 21.3 Å². The summed E-state index contributed by atoms with van der Waals surface area (Å²) in [7, 11) is 0. The molecule has 0 unspecified atom stereocenters. The first-order chi connectivity index (χ1) is 23.4. The van der Waals surface area contributed by atoms with E-state index in [1.54, 1.807) is 42.5 Å². The van der Waals surface area contributed by atoms with Crippen molar-refractivity contribution in [3.8, 4) is 5.75 Å². The molecule has 49 heavy (non-hydrogen) atoms. The van der Waals surface area contributed by atoms with Crippen LogP contribution in [0, 0.1) is 0 Å². The van der Waals surface area contributed by atoms with Crippen molar-refractivity contribution in [2.24, 2.45) is 11.5 Å². The number of hydrogen-bond acceptors (Lipinski definition) is 9. The number of carboxylic acid groups (broad SMARTS) is 1. The lowest BCUT2D eigenvalue weighted by Gasteiger charge is -2.29. The van der Waals surface area contributed by atoms with Gasteiger partial charge in [0.2, 0.25) is 29.5 Å². The van der Waals surface area contributed by atoms with Crippen LogP contribution in [-0.2, 0) is 41.6 Å². The number of nitrogens with zero attached hydrogens (tertiary/aromatic N) is 1. The molecule has 1 heterocycles. The highest BCUT2D eigenvalue weighted by Crippen LogP contribution is 2.20. The van der Waals surface area contributed by atoms with Gasteiger partial charge in [0.1, 0.15) is 29.9 Å². The van der Waals surface area contributed by atoms with E-state index < -0.39 is 72.3 Å². The van der Waals surface area contributed by atoms with Gasteiger partial charge in [-0.05, 0) is 68.8 Å². The second-order valence-corrected chi connectivity index (χ2v) is 12.1. The molecule has 2 aromatic carbocycles. The van der Waals surface area contributed by atoms with Gasteiger partial charge in [0.25, 0.3) is 0 Å². The Bertz CT molecular complexity index is 1440. The molecule has 0 saturated carbocycles. The van der Waals surface area contributed by atoms with Crippen molar-refractivity contribution in [3.05, 3.63) is 65.7 Å². The van der Waals surface area contributed by atoms with Gasteiger partial charge < -0.3 is 47.8 Å². The minimum absolute atomic E-state index is 0.0431. The van der Waals surface area contributed by atoms with Crippen LogP contribution in [0.4, 0.5) is 0 Å². The number of hydrogen-bond donors (Lipinski definition) is 8. The molecule has 1 saturated heterocycles. The standard InChI is InChI=1S/C34H47N7O8/c1-21(36)30(44)39-26(18-23-12-14-24(42)15-13-23)33(47)41-17-7-11-28(41)32(46)37-20-29(43)38-25(10-5-6-16-35)31(45)40-27(34(48)49)19-22-8-3-2-4-9-22/h2-4,8-9,12-15,21,25-28,42H,5-7,10-11,16-20,35-36H2,1H3,(H,37,46)(H,38,43)(H,39,44)(H,40,45)(H,48,49)/t21-,25+,26+,27+,28+/m0/s1. The SMILES string of the molecule is C[C@H](N)C(=O)N[C@H](Cc1ccc(O)cc1)C(=O)N1CCC[C@@H]1C(=O)NCC(=O)N[C@H](CCCCN)C(=O)N[C@H](Cc1ccccc1)C(=O)O. The van der Waals surface area contributed by atoms with Crippen molar-refractivity contribution in [3.63, 3.8) is 0 Å². The van der Waals surface area contributed by atoms with E-state index >= 15 is 0 Å². The molecule has 3 rings (SSSR count). The van der Waals surface area contributed by atoms with Gasteiger partial charge >= 0.3 is 5.97 Å². The van der Waals surface area contributed by atoms with Crippen LogP contribution >= 0.6 is 0 Å². The number of nitrogens with two attached hydrogens (primary N) is 2. The lowest BCUT2D eigenvalue weighted by molar-refractivity contribution is -0.142. The van der Waals surface area contributed by atoms with Gasteiger partial charge in [-0.3, -0.25) is 24.0 Å². The van der Waals surface area contributed by atoms with Crippen LogP contribution in [-0.4, -0.2) is 100 Å². The van der Waals surface area contributed by atoms with Gasteiger partial charge in [0, 0.05) is 19.4 Å². The molecule has 0 aromatic heterocycles. The zero-order valence-corrected chi connectivity index (χ0v) is 27.6. The van der Waals surface area contributed by atoms with Crippen LogP contribution in [0.25, 0.3) is 0 Å². The molecule has 266 valence electrons. The first-order valence-electron chi connectivity index (χ1n) is 16.4. The monoisotopic (exact) mass is 681 g/mol. The van der Waals surface area contributed by atoms with Crippen LogP contribution in [0.1, 0.15) is 50.2 Å². The second-order valence-electron chi connectivity index (χ2n) is 12.1. The summed E-state index contributed by atoms with van der Waals surface area (Å²) in [5.74, 6) is -4.17. The molecule has 1 aliphatic heterocycles. The molecule has 1 aliphatic rings. The molecule has 0 radical (unpaired) electrons. The van der Waals surface area contributed by atoms with Crippen LogP contribution in [0.5, 0.6) is 5.75 Å². The van der Waals surface area contributed by atoms with E-state index in [0.29, 0.717) is 43.4 Å². The minimum atomic E-state index is -1.23. The van der Waals surface area contributed by atoms with Crippen molar-refractivity contribution < 1.29 is 39.0 Å². The number of carboxylic acids is 1. The molecule has 0 aliphatic carbocycles. The number of phenols is 1. The highest BCUT2D eigenvalue weighted by molar-refractivity contribution is 5.95. The normalized spacial score (nSPS) is 16.5. The van der Waals surface area contributed by atoms with Crippen molar-refractivity contribution in [2.75, 3.05) is 19.6 Å². The Balaban J connectivity index is 1.63. The number of amides is 5. The third-order valence-electron chi connectivity index (χ3n) is 8.16. The van der Waals surface area contributed by atoms with Gasteiger partial charge in [0.15, 0.2) is 0 Å². The first kappa shape index (κ1) is 38.4. The number of benzene rings is 2. The topological polar surface area (TPSA) is 246 Å². The predicted octanol–water partition coefficient (Wildman–Crippen LogP) is -0.700. The summed E-state index contributed by atoms with van der Waals surface area (Å²) in [5.41, 5.74) is 12.7. The first-order valence-corrected chi connectivity index (χ1v) is 16.4. The van der Waals surface area contributed by atoms with E-state index in [-0.39, 0.29) is 31.6 Å². The van der Waals surface area contributed by atoms with Gasteiger partial charge in [-0.1, -0.05) is 42.5 Å². The Morgan fingerprint density at radius 1 is 0.857 bits per heavy atom. The molecule has 0 spiro atoms. The van der Waals surface area contributed by atoms with Crippen molar-refractivity contribution in [1.29, 1.82) is 0 Å². The Kier molecular flexibility index (Phi) is 15.0. The summed E-state index contributed by atoms with van der Waals surface area (Å²) < 4.78 is 0. The number of likely N-dealkylation sites (tertiary alicyclic amines) is 1. The molecule has 1 fully saturated rings. The van der Waals surface area contributed by atoms with Gasteiger partial charge in [0.05, 0.1) is 12.6 Å². The van der Waals surface area contributed by atoms with Gasteiger partial charge in [-0.15, -0.1) is 0 Å². The number of carbonyl (C=O) groups is 6. The summed E-state index contributed by atoms with van der Waals surface area (Å²) in [6.07, 6.45) is 2.24. The number of rotatable bonds is 18. The number of unbranched alkanes of at least 4 members (excludes halogenated alkanes) is 1. The smallest absolute Gasteiger partial charge is 0.326 e. The fraction of sp³-hybridized carbons (Fsp3) is 0.471. The number of aliphatic carboxylic acids is 1. The van der Waals surface area contributed by atoms with Crippen LogP contribution in [0.3, 0.4) is 0 Å². The average molecular weight is 682 g/mol. The van der Waals surface area contributed by atoms with Crippen LogP contribution < -0.4 is 32.7 Å². The Hall–Kier alpha value is -5.02. The summed E-state index contributed by atoms with van der Waals surface area (Å²) in [4.78, 5) is 78.8. The quantitative estimate of drug-likeness (QED) is 0.0920. The molecular formula is C34H47N7O8. The Morgan fingerprint density at radius 2 is 1.49 bits per heavy atom. The minimum Gasteiger partial charge on any atom is -0.508 e. The average Bonchev–Trinajstić information content (AvgIpc) is 3.57. The summed E-state index contributed by atoms with van der Waals surface area (Å²) in [6, 6.07) is 9.83. The van der Waals surface area contributed by atoms with Crippen LogP contribution in [0.15, 0.2) is 54.6 Å². The van der Waals surface area contributed by atoms with Crippen LogP contribution in [0.2, 0.25) is 0 Å². The number of aromatic hydroxyl groups is 1. The number of nitrogens with one attached hydrogen (secondary N) is 4. The molecule has 15 heteroatoms. The number of phenolic OH excluding ortho intramolecular Hbond substituents is 1. The lowest BCUT2D eigenvalue weighted by atomic mass is 10.0. The lowest BCUT2D eigenvalue weighted by Crippen LogP contribution is -2.57. The van der Waals surface area contributed by atoms with Crippen molar-refractivity contribution in [2.45, 2.75) is 82.1 Å². The summed E-state index contributed by atoms with van der Waals surface area (Å²) >= 11 is 0. The maximum Gasteiger partial charge on any atom is 0.326 e. The molecule has 5 atom stereocenters. The molecular weight excluding hydrogens is 634 g/mol. The summed E-state index contributed by atoms with van der Waals surface area (Å²) in [5, 5.41) is 29.6. The molecule has 10 N–H and O–H groups in total. The Morgan fingerprint density at radius 3 is 2.12 bits per heavy atom. The fourth-order valence-corrected chi connectivity index (χ4v) is 5.49. The number of carbonyl (C=O) groups excluding carboxylic acids is 5. The largest absolute Gasteiger partial charge is 0.508 e. The van der Waals surface area contributed by atoms with Gasteiger partial charge in [-0.2, -0.15) is 0 Å². The van der Waals surface area contributed by atoms with E-state index in [4.69, 9.17) is 11.5 Å². The third kappa shape index (κ3) is 12.2. The van der Waals surface area contributed by atoms with E-state index in [1.165, 1.54) is 24.0 Å². The van der Waals surface area contributed by atoms with Crippen molar-refractivity contribution in [1.82, 2.24) is 26.2 Å². The van der Waals surface area contributed by atoms with E-state index in [1.807, 2.05) is 0 Å². The Labute approximate surface area is 285 Å². The highest BCUT2D eigenvalue weighted by Gasteiger charge is 2.38. The molecule has 2 aromatic rings. The second kappa shape index (κ2) is 19.1. The fourth-order valence-electron chi connectivity index (χ4n) is 5.49. The summed E-state index contributed by atoms with van der Waals surface area (Å²) in [6.45, 7) is 1.60. The molecule has 5 amide bonds. The zero-order chi connectivity index (χ0) is 35.9. The molecule has 15 nitrogen and oxygen atoms in total. The maximum atomic E-state index is 13.7. The predicted molar refractivity (Wildman–Crippen MR) is 180 cm³/mol. The van der Waals surface area contributed by atoms with Crippen molar-refractivity contribution >= 4 is 35.5 Å². The molecule has 0 bridgehead atoms. The third-order valence-corrected chi connectivity index (χ3v) is 8.16. The maximum absolute atomic E-state index is 13.7. The van der Waals surface area contributed by atoms with Gasteiger partial charge in [-0.25, -0.2) is 4.79 Å².